The van der Waals surface area contributed by atoms with Crippen molar-refractivity contribution in [3.63, 3.8) is 0 Å². The van der Waals surface area contributed by atoms with Gasteiger partial charge in [-0.15, -0.1) is 0 Å². The zero-order chi connectivity index (χ0) is 10.0. The van der Waals surface area contributed by atoms with Gasteiger partial charge in [-0.25, -0.2) is 0 Å². The summed E-state index contributed by atoms with van der Waals surface area (Å²) in [5.74, 6) is 0. The standard InChI is InChI=1S/C12H18N2/c1-2-14-9-12(7-8-12)10-3-5-11(13)6-4-10/h3-6,14H,2,7-9,13H2,1H3. The highest BCUT2D eigenvalue weighted by Gasteiger charge is 2.43. The van der Waals surface area contributed by atoms with Gasteiger partial charge in [-0.3, -0.25) is 0 Å². The van der Waals surface area contributed by atoms with Crippen molar-refractivity contribution in [3.8, 4) is 0 Å². The molecule has 0 spiro atoms. The minimum Gasteiger partial charge on any atom is -0.399 e. The van der Waals surface area contributed by atoms with Crippen LogP contribution >= 0.6 is 0 Å². The van der Waals surface area contributed by atoms with Crippen LogP contribution in [0, 0.1) is 0 Å². The van der Waals surface area contributed by atoms with Gasteiger partial charge in [-0.2, -0.15) is 0 Å². The summed E-state index contributed by atoms with van der Waals surface area (Å²) in [4.78, 5) is 0. The summed E-state index contributed by atoms with van der Waals surface area (Å²) >= 11 is 0. The summed E-state index contributed by atoms with van der Waals surface area (Å²) in [6.07, 6.45) is 2.62. The Bertz CT molecular complexity index is 299. The topological polar surface area (TPSA) is 38.0 Å². The predicted molar refractivity (Wildman–Crippen MR) is 60.3 cm³/mol. The lowest BCUT2D eigenvalue weighted by Crippen LogP contribution is -2.26. The van der Waals surface area contributed by atoms with Gasteiger partial charge in [0.2, 0.25) is 0 Å². The van der Waals surface area contributed by atoms with E-state index in [4.69, 9.17) is 5.73 Å². The van der Waals surface area contributed by atoms with Crippen LogP contribution in [0.1, 0.15) is 25.3 Å². The summed E-state index contributed by atoms with van der Waals surface area (Å²) in [6.45, 7) is 4.31. The molecule has 1 aromatic carbocycles. The summed E-state index contributed by atoms with van der Waals surface area (Å²) in [6, 6.07) is 8.34. The highest BCUT2D eigenvalue weighted by atomic mass is 14.9. The number of hydrogen-bond acceptors (Lipinski definition) is 2. The van der Waals surface area contributed by atoms with Crippen LogP contribution in [-0.4, -0.2) is 13.1 Å². The fraction of sp³-hybridized carbons (Fsp3) is 0.500. The number of benzene rings is 1. The van der Waals surface area contributed by atoms with E-state index in [1.54, 1.807) is 0 Å². The van der Waals surface area contributed by atoms with Gasteiger partial charge in [0.05, 0.1) is 0 Å². The summed E-state index contributed by atoms with van der Waals surface area (Å²) in [7, 11) is 0. The van der Waals surface area contributed by atoms with Gasteiger partial charge in [-0.05, 0) is 37.1 Å². The molecule has 0 bridgehead atoms. The van der Waals surface area contributed by atoms with Crippen LogP contribution in [0.5, 0.6) is 0 Å². The third-order valence-electron chi connectivity index (χ3n) is 3.09. The molecule has 2 heteroatoms. The Morgan fingerprint density at radius 2 is 1.93 bits per heavy atom. The second-order valence-electron chi connectivity index (χ2n) is 4.18. The molecule has 1 saturated carbocycles. The van der Waals surface area contributed by atoms with E-state index in [1.807, 2.05) is 12.1 Å². The molecule has 0 radical (unpaired) electrons. The van der Waals surface area contributed by atoms with E-state index >= 15 is 0 Å². The number of nitrogen functional groups attached to an aromatic ring is 1. The SMILES string of the molecule is CCNCC1(c2ccc(N)cc2)CC1. The lowest BCUT2D eigenvalue weighted by Gasteiger charge is -2.16. The molecule has 2 nitrogen and oxygen atoms in total. The Kier molecular flexibility index (Phi) is 2.46. The molecular formula is C12H18N2. The first-order chi connectivity index (χ1) is 6.77. The number of likely N-dealkylation sites (N-methyl/N-ethyl adjacent to an activating group) is 1. The molecular weight excluding hydrogens is 172 g/mol. The number of rotatable bonds is 4. The van der Waals surface area contributed by atoms with Crippen LogP contribution in [0.2, 0.25) is 0 Å². The fourth-order valence-corrected chi connectivity index (χ4v) is 1.92. The van der Waals surface area contributed by atoms with Crippen LogP contribution in [-0.2, 0) is 5.41 Å². The lowest BCUT2D eigenvalue weighted by atomic mass is 9.96. The lowest BCUT2D eigenvalue weighted by molar-refractivity contribution is 0.591. The van der Waals surface area contributed by atoms with Gasteiger partial charge in [0.1, 0.15) is 0 Å². The van der Waals surface area contributed by atoms with Gasteiger partial charge in [0, 0.05) is 17.6 Å². The van der Waals surface area contributed by atoms with Gasteiger partial charge >= 0.3 is 0 Å². The normalized spacial score (nSPS) is 18.1. The van der Waals surface area contributed by atoms with Crippen molar-refractivity contribution in [2.45, 2.75) is 25.2 Å². The van der Waals surface area contributed by atoms with E-state index in [1.165, 1.54) is 18.4 Å². The minimum absolute atomic E-state index is 0.420. The number of hydrogen-bond donors (Lipinski definition) is 2. The van der Waals surface area contributed by atoms with E-state index in [0.717, 1.165) is 18.8 Å². The third kappa shape index (κ3) is 1.75. The summed E-state index contributed by atoms with van der Waals surface area (Å²) < 4.78 is 0. The smallest absolute Gasteiger partial charge is 0.0314 e. The molecule has 0 amide bonds. The summed E-state index contributed by atoms with van der Waals surface area (Å²) in [5.41, 5.74) is 8.39. The molecule has 0 atom stereocenters. The van der Waals surface area contributed by atoms with Gasteiger partial charge in [0.15, 0.2) is 0 Å². The van der Waals surface area contributed by atoms with Crippen molar-refractivity contribution < 1.29 is 0 Å². The number of anilines is 1. The van der Waals surface area contributed by atoms with Crippen molar-refractivity contribution in [1.82, 2.24) is 5.32 Å². The largest absolute Gasteiger partial charge is 0.399 e. The Labute approximate surface area is 85.5 Å². The monoisotopic (exact) mass is 190 g/mol. The minimum atomic E-state index is 0.420. The van der Waals surface area contributed by atoms with Gasteiger partial charge in [0.25, 0.3) is 0 Å². The fourth-order valence-electron chi connectivity index (χ4n) is 1.92. The maximum Gasteiger partial charge on any atom is 0.0314 e. The van der Waals surface area contributed by atoms with Crippen molar-refractivity contribution in [2.75, 3.05) is 18.8 Å². The maximum absolute atomic E-state index is 5.67. The molecule has 3 N–H and O–H groups in total. The molecule has 2 rings (SSSR count). The first-order valence-electron chi connectivity index (χ1n) is 5.33. The number of nitrogens with one attached hydrogen (secondary N) is 1. The average Bonchev–Trinajstić information content (AvgIpc) is 2.97. The van der Waals surface area contributed by atoms with Gasteiger partial charge < -0.3 is 11.1 Å². The van der Waals surface area contributed by atoms with Gasteiger partial charge in [-0.1, -0.05) is 19.1 Å². The van der Waals surface area contributed by atoms with Crippen molar-refractivity contribution >= 4 is 5.69 Å². The van der Waals surface area contributed by atoms with E-state index in [2.05, 4.69) is 24.4 Å². The quantitative estimate of drug-likeness (QED) is 0.712. The molecule has 14 heavy (non-hydrogen) atoms. The molecule has 1 aliphatic carbocycles. The Morgan fingerprint density at radius 1 is 1.29 bits per heavy atom. The van der Waals surface area contributed by atoms with Crippen LogP contribution in [0.3, 0.4) is 0 Å². The zero-order valence-corrected chi connectivity index (χ0v) is 8.72. The predicted octanol–water partition coefficient (Wildman–Crippen LogP) is 1.91. The van der Waals surface area contributed by atoms with Crippen molar-refractivity contribution in [1.29, 1.82) is 0 Å². The van der Waals surface area contributed by atoms with E-state index in [0.29, 0.717) is 5.41 Å². The Hall–Kier alpha value is -1.02. The van der Waals surface area contributed by atoms with Crippen LogP contribution in [0.25, 0.3) is 0 Å². The zero-order valence-electron chi connectivity index (χ0n) is 8.72. The molecule has 0 aliphatic heterocycles. The highest BCUT2D eigenvalue weighted by Crippen LogP contribution is 2.47. The maximum atomic E-state index is 5.67. The van der Waals surface area contributed by atoms with Crippen molar-refractivity contribution in [3.05, 3.63) is 29.8 Å². The average molecular weight is 190 g/mol. The van der Waals surface area contributed by atoms with E-state index in [-0.39, 0.29) is 0 Å². The molecule has 1 aromatic rings. The molecule has 0 unspecified atom stereocenters. The third-order valence-corrected chi connectivity index (χ3v) is 3.09. The summed E-state index contributed by atoms with van der Waals surface area (Å²) in [5, 5.41) is 3.43. The molecule has 76 valence electrons. The molecule has 1 fully saturated rings. The second-order valence-corrected chi connectivity index (χ2v) is 4.18. The second kappa shape index (κ2) is 3.62. The highest BCUT2D eigenvalue weighted by molar-refractivity contribution is 5.43. The van der Waals surface area contributed by atoms with Crippen LogP contribution in [0.15, 0.2) is 24.3 Å². The van der Waals surface area contributed by atoms with Crippen molar-refractivity contribution in [2.24, 2.45) is 0 Å². The van der Waals surface area contributed by atoms with E-state index in [9.17, 15) is 0 Å². The number of nitrogens with two attached hydrogens (primary N) is 1. The molecule has 1 aliphatic rings. The first kappa shape index (κ1) is 9.53. The molecule has 0 heterocycles. The molecule has 0 saturated heterocycles. The Morgan fingerprint density at radius 3 is 2.43 bits per heavy atom. The van der Waals surface area contributed by atoms with E-state index < -0.39 is 0 Å². The first-order valence-corrected chi connectivity index (χ1v) is 5.33. The Balaban J connectivity index is 2.10. The van der Waals surface area contributed by atoms with Crippen LogP contribution in [0.4, 0.5) is 5.69 Å². The molecule has 0 aromatic heterocycles. The van der Waals surface area contributed by atoms with Crippen LogP contribution < -0.4 is 11.1 Å².